The molecular formula is C16H14O2. The Labute approximate surface area is 105 Å². The second-order valence-electron chi connectivity index (χ2n) is 4.41. The van der Waals surface area contributed by atoms with Crippen molar-refractivity contribution in [1.82, 2.24) is 0 Å². The number of rotatable bonds is 2. The molecular weight excluding hydrogens is 224 g/mol. The third-order valence-electron chi connectivity index (χ3n) is 3.40. The summed E-state index contributed by atoms with van der Waals surface area (Å²) in [6, 6.07) is 15.9. The minimum atomic E-state index is 0.0101. The van der Waals surface area contributed by atoms with Gasteiger partial charge in [-0.15, -0.1) is 0 Å². The molecule has 18 heavy (non-hydrogen) atoms. The normalized spacial score (nSPS) is 11.2. The van der Waals surface area contributed by atoms with Crippen LogP contribution in [0.1, 0.15) is 11.1 Å². The summed E-state index contributed by atoms with van der Waals surface area (Å²) >= 11 is 0. The highest BCUT2D eigenvalue weighted by atomic mass is 16.3. The Morgan fingerprint density at radius 3 is 1.44 bits per heavy atom. The van der Waals surface area contributed by atoms with E-state index in [9.17, 15) is 10.2 Å². The van der Waals surface area contributed by atoms with Gasteiger partial charge >= 0.3 is 0 Å². The van der Waals surface area contributed by atoms with Crippen LogP contribution >= 0.6 is 0 Å². The summed E-state index contributed by atoms with van der Waals surface area (Å²) in [5.74, 6) is 0. The van der Waals surface area contributed by atoms with Gasteiger partial charge in [0.15, 0.2) is 0 Å². The topological polar surface area (TPSA) is 40.5 Å². The Hall–Kier alpha value is -1.90. The van der Waals surface area contributed by atoms with E-state index < -0.39 is 0 Å². The van der Waals surface area contributed by atoms with Gasteiger partial charge in [0.05, 0.1) is 13.2 Å². The molecule has 3 rings (SSSR count). The third-order valence-corrected chi connectivity index (χ3v) is 3.40. The molecule has 2 N–H and O–H groups in total. The fourth-order valence-corrected chi connectivity index (χ4v) is 2.57. The minimum absolute atomic E-state index is 0.0101. The number of fused-ring (bicyclic) bond motifs is 3. The van der Waals surface area contributed by atoms with Crippen LogP contribution in [0.4, 0.5) is 0 Å². The zero-order valence-electron chi connectivity index (χ0n) is 9.93. The number of hydrogen-bond donors (Lipinski definition) is 2. The Morgan fingerprint density at radius 2 is 1.06 bits per heavy atom. The maximum atomic E-state index is 9.50. The smallest absolute Gasteiger partial charge is 0.0688 e. The van der Waals surface area contributed by atoms with Crippen molar-refractivity contribution in [2.24, 2.45) is 0 Å². The van der Waals surface area contributed by atoms with E-state index in [2.05, 4.69) is 12.1 Å². The summed E-state index contributed by atoms with van der Waals surface area (Å²) in [5.41, 5.74) is 1.80. The highest BCUT2D eigenvalue weighted by Gasteiger charge is 2.08. The fourth-order valence-electron chi connectivity index (χ4n) is 2.57. The highest BCUT2D eigenvalue weighted by Crippen LogP contribution is 2.31. The zero-order valence-corrected chi connectivity index (χ0v) is 9.93. The molecule has 2 nitrogen and oxygen atoms in total. The van der Waals surface area contributed by atoms with E-state index in [1.165, 1.54) is 0 Å². The molecule has 0 saturated heterocycles. The standard InChI is InChI=1S/C16H14O2/c17-9-13-5-1-3-11-7-8-12-4-2-6-14(10-18)16(12)15(11)13/h1-8,17-18H,9-10H2. The lowest BCUT2D eigenvalue weighted by molar-refractivity contribution is 0.282. The van der Waals surface area contributed by atoms with Crippen LogP contribution in [0.3, 0.4) is 0 Å². The van der Waals surface area contributed by atoms with Crippen LogP contribution in [0.15, 0.2) is 48.5 Å². The summed E-state index contributed by atoms with van der Waals surface area (Å²) < 4.78 is 0. The Kier molecular flexibility index (Phi) is 2.74. The Bertz CT molecular complexity index is 654. The molecule has 3 aromatic rings. The van der Waals surface area contributed by atoms with Crippen LogP contribution in [0.2, 0.25) is 0 Å². The number of aliphatic hydroxyl groups excluding tert-OH is 2. The second-order valence-corrected chi connectivity index (χ2v) is 4.41. The molecule has 0 spiro atoms. The van der Waals surface area contributed by atoms with E-state index in [4.69, 9.17) is 0 Å². The predicted molar refractivity (Wildman–Crippen MR) is 73.3 cm³/mol. The van der Waals surface area contributed by atoms with E-state index in [0.29, 0.717) is 0 Å². The van der Waals surface area contributed by atoms with Crippen molar-refractivity contribution in [2.75, 3.05) is 0 Å². The molecule has 0 bridgehead atoms. The van der Waals surface area contributed by atoms with Gasteiger partial charge in [-0.25, -0.2) is 0 Å². The van der Waals surface area contributed by atoms with Gasteiger partial charge in [0.25, 0.3) is 0 Å². The van der Waals surface area contributed by atoms with Gasteiger partial charge in [-0.05, 0) is 32.7 Å². The van der Waals surface area contributed by atoms with Crippen LogP contribution in [0.5, 0.6) is 0 Å². The predicted octanol–water partition coefficient (Wildman–Crippen LogP) is 2.98. The lowest BCUT2D eigenvalue weighted by atomic mass is 9.95. The van der Waals surface area contributed by atoms with Crippen molar-refractivity contribution in [3.8, 4) is 0 Å². The molecule has 0 fully saturated rings. The first kappa shape index (κ1) is 11.2. The quantitative estimate of drug-likeness (QED) is 0.674. The monoisotopic (exact) mass is 238 g/mol. The Balaban J connectivity index is 2.57. The fraction of sp³-hybridized carbons (Fsp3) is 0.125. The molecule has 0 aliphatic carbocycles. The van der Waals surface area contributed by atoms with Crippen LogP contribution < -0.4 is 0 Å². The molecule has 0 amide bonds. The first-order valence-electron chi connectivity index (χ1n) is 5.99. The molecule has 0 radical (unpaired) electrons. The number of aliphatic hydroxyl groups is 2. The third kappa shape index (κ3) is 1.58. The van der Waals surface area contributed by atoms with Crippen LogP contribution in [-0.4, -0.2) is 10.2 Å². The summed E-state index contributed by atoms with van der Waals surface area (Å²) in [6.45, 7) is 0.0203. The molecule has 90 valence electrons. The molecule has 0 aliphatic rings. The van der Waals surface area contributed by atoms with Gasteiger partial charge in [-0.2, -0.15) is 0 Å². The van der Waals surface area contributed by atoms with Gasteiger partial charge in [0, 0.05) is 0 Å². The summed E-state index contributed by atoms with van der Waals surface area (Å²) in [4.78, 5) is 0. The zero-order chi connectivity index (χ0) is 12.5. The molecule has 0 aromatic heterocycles. The molecule has 2 heteroatoms. The van der Waals surface area contributed by atoms with Crippen molar-refractivity contribution >= 4 is 21.5 Å². The molecule has 3 aromatic carbocycles. The van der Waals surface area contributed by atoms with Crippen LogP contribution in [0, 0.1) is 0 Å². The summed E-state index contributed by atoms with van der Waals surface area (Å²) in [5, 5.41) is 23.3. The van der Waals surface area contributed by atoms with Crippen molar-refractivity contribution in [2.45, 2.75) is 13.2 Å². The van der Waals surface area contributed by atoms with Gasteiger partial charge in [-0.1, -0.05) is 48.5 Å². The van der Waals surface area contributed by atoms with E-state index >= 15 is 0 Å². The van der Waals surface area contributed by atoms with Gasteiger partial charge in [-0.3, -0.25) is 0 Å². The SMILES string of the molecule is OCc1cccc2ccc3cccc(CO)c3c12. The lowest BCUT2D eigenvalue weighted by Gasteiger charge is -2.11. The van der Waals surface area contributed by atoms with Gasteiger partial charge < -0.3 is 10.2 Å². The average molecular weight is 238 g/mol. The average Bonchev–Trinajstić information content (AvgIpc) is 2.45. The van der Waals surface area contributed by atoms with E-state index in [1.807, 2.05) is 36.4 Å². The number of hydrogen-bond acceptors (Lipinski definition) is 2. The molecule has 0 aliphatic heterocycles. The van der Waals surface area contributed by atoms with E-state index in [-0.39, 0.29) is 13.2 Å². The van der Waals surface area contributed by atoms with Crippen molar-refractivity contribution in [3.63, 3.8) is 0 Å². The Morgan fingerprint density at radius 1 is 0.611 bits per heavy atom. The summed E-state index contributed by atoms with van der Waals surface area (Å²) in [6.07, 6.45) is 0. The molecule has 0 saturated carbocycles. The number of benzene rings is 3. The molecule has 0 heterocycles. The van der Waals surface area contributed by atoms with Crippen molar-refractivity contribution < 1.29 is 10.2 Å². The maximum Gasteiger partial charge on any atom is 0.0688 e. The highest BCUT2D eigenvalue weighted by molar-refractivity contribution is 6.10. The maximum absolute atomic E-state index is 9.50. The van der Waals surface area contributed by atoms with Crippen LogP contribution in [0.25, 0.3) is 21.5 Å². The second kappa shape index (κ2) is 4.41. The largest absolute Gasteiger partial charge is 0.392 e. The van der Waals surface area contributed by atoms with Gasteiger partial charge in [0.1, 0.15) is 0 Å². The molecule has 0 atom stereocenters. The van der Waals surface area contributed by atoms with E-state index in [0.717, 1.165) is 32.7 Å². The minimum Gasteiger partial charge on any atom is -0.392 e. The van der Waals surface area contributed by atoms with Gasteiger partial charge in [0.2, 0.25) is 0 Å². The van der Waals surface area contributed by atoms with Crippen molar-refractivity contribution in [1.29, 1.82) is 0 Å². The van der Waals surface area contributed by atoms with Crippen LogP contribution in [-0.2, 0) is 13.2 Å². The lowest BCUT2D eigenvalue weighted by Crippen LogP contribution is -1.91. The first-order chi connectivity index (χ1) is 8.85. The summed E-state index contributed by atoms with van der Waals surface area (Å²) in [7, 11) is 0. The van der Waals surface area contributed by atoms with E-state index in [1.54, 1.807) is 0 Å². The first-order valence-corrected chi connectivity index (χ1v) is 5.99. The molecule has 0 unspecified atom stereocenters. The van der Waals surface area contributed by atoms with Crippen molar-refractivity contribution in [3.05, 3.63) is 59.7 Å².